The van der Waals surface area contributed by atoms with Gasteiger partial charge in [-0.2, -0.15) is 0 Å². The van der Waals surface area contributed by atoms with Gasteiger partial charge in [0.15, 0.2) is 11.5 Å². The van der Waals surface area contributed by atoms with Crippen molar-refractivity contribution in [2.45, 2.75) is 17.4 Å². The molecule has 20 heavy (non-hydrogen) atoms. The number of benzene rings is 1. The van der Waals surface area contributed by atoms with E-state index in [9.17, 15) is 8.42 Å². The molecule has 6 nitrogen and oxygen atoms in total. The standard InChI is InChI=1S/C12H17BrN2O4S/c1-18-10-5-9(13)12(6-11(10)19-2)20(16,17)15-8-3-4-14-7-8/h5-6,8,14-15H,3-4,7H2,1-2H3/t8-/m0/s1. The molecule has 1 fully saturated rings. The number of hydrogen-bond acceptors (Lipinski definition) is 5. The van der Waals surface area contributed by atoms with E-state index in [-0.39, 0.29) is 10.9 Å². The van der Waals surface area contributed by atoms with E-state index in [1.165, 1.54) is 20.3 Å². The summed E-state index contributed by atoms with van der Waals surface area (Å²) in [4.78, 5) is 0.141. The molecule has 0 aliphatic carbocycles. The smallest absolute Gasteiger partial charge is 0.242 e. The van der Waals surface area contributed by atoms with Gasteiger partial charge in [0.25, 0.3) is 0 Å². The molecule has 1 aromatic carbocycles. The molecule has 2 rings (SSSR count). The lowest BCUT2D eigenvalue weighted by Gasteiger charge is -2.15. The summed E-state index contributed by atoms with van der Waals surface area (Å²) in [7, 11) is -0.635. The van der Waals surface area contributed by atoms with Crippen molar-refractivity contribution >= 4 is 26.0 Å². The molecule has 0 aromatic heterocycles. The SMILES string of the molecule is COc1cc(Br)c(S(=O)(=O)N[C@H]2CCNC2)cc1OC. The number of sulfonamides is 1. The molecule has 2 N–H and O–H groups in total. The summed E-state index contributed by atoms with van der Waals surface area (Å²) in [6.45, 7) is 1.46. The van der Waals surface area contributed by atoms with Crippen molar-refractivity contribution in [3.8, 4) is 11.5 Å². The molecule has 0 unspecified atom stereocenters. The van der Waals surface area contributed by atoms with Crippen LogP contribution in [0.2, 0.25) is 0 Å². The molecule has 1 aliphatic heterocycles. The maximum atomic E-state index is 12.4. The van der Waals surface area contributed by atoms with E-state index in [1.807, 2.05) is 0 Å². The number of rotatable bonds is 5. The maximum Gasteiger partial charge on any atom is 0.242 e. The molecular weight excluding hydrogens is 348 g/mol. The number of nitrogens with one attached hydrogen (secondary N) is 2. The molecule has 1 aliphatic rings. The van der Waals surface area contributed by atoms with Crippen LogP contribution in [0.15, 0.2) is 21.5 Å². The molecule has 0 amide bonds. The molecule has 1 aromatic rings. The zero-order valence-electron chi connectivity index (χ0n) is 11.3. The van der Waals surface area contributed by atoms with Gasteiger partial charge in [0, 0.05) is 23.1 Å². The Bertz CT molecular complexity index is 585. The van der Waals surface area contributed by atoms with Crippen molar-refractivity contribution in [2.75, 3.05) is 27.3 Å². The predicted octanol–water partition coefficient (Wildman–Crippen LogP) is 1.11. The van der Waals surface area contributed by atoms with Gasteiger partial charge in [-0.25, -0.2) is 13.1 Å². The van der Waals surface area contributed by atoms with Crippen molar-refractivity contribution in [2.24, 2.45) is 0 Å². The summed E-state index contributed by atoms with van der Waals surface area (Å²) in [5.41, 5.74) is 0. The largest absolute Gasteiger partial charge is 0.493 e. The summed E-state index contributed by atoms with van der Waals surface area (Å²) in [6, 6.07) is 2.95. The highest BCUT2D eigenvalue weighted by molar-refractivity contribution is 9.10. The highest BCUT2D eigenvalue weighted by Crippen LogP contribution is 2.35. The third kappa shape index (κ3) is 3.25. The first-order valence-electron chi connectivity index (χ1n) is 6.12. The fraction of sp³-hybridized carbons (Fsp3) is 0.500. The van der Waals surface area contributed by atoms with Gasteiger partial charge >= 0.3 is 0 Å². The molecule has 1 saturated heterocycles. The topological polar surface area (TPSA) is 76.7 Å². The molecular formula is C12H17BrN2O4S. The van der Waals surface area contributed by atoms with E-state index in [0.29, 0.717) is 22.5 Å². The van der Waals surface area contributed by atoms with Crippen LogP contribution in [-0.4, -0.2) is 41.8 Å². The van der Waals surface area contributed by atoms with Gasteiger partial charge in [-0.05, 0) is 35.0 Å². The minimum absolute atomic E-state index is 0.0833. The van der Waals surface area contributed by atoms with Gasteiger partial charge in [0.2, 0.25) is 10.0 Å². The van der Waals surface area contributed by atoms with E-state index in [4.69, 9.17) is 9.47 Å². The Kier molecular flexibility index (Phi) is 4.90. The number of methoxy groups -OCH3 is 2. The minimum atomic E-state index is -3.60. The van der Waals surface area contributed by atoms with Crippen LogP contribution in [0.1, 0.15) is 6.42 Å². The molecule has 112 valence electrons. The van der Waals surface area contributed by atoms with Gasteiger partial charge in [-0.1, -0.05) is 0 Å². The zero-order chi connectivity index (χ0) is 14.8. The summed E-state index contributed by atoms with van der Waals surface area (Å²) in [6.07, 6.45) is 0.782. The number of hydrogen-bond donors (Lipinski definition) is 2. The predicted molar refractivity (Wildman–Crippen MR) is 78.8 cm³/mol. The second kappa shape index (κ2) is 6.30. The van der Waals surface area contributed by atoms with Gasteiger partial charge in [0.1, 0.15) is 4.90 Å². The Balaban J connectivity index is 2.35. The van der Waals surface area contributed by atoms with Crippen LogP contribution in [0.5, 0.6) is 11.5 Å². The van der Waals surface area contributed by atoms with Gasteiger partial charge in [-0.3, -0.25) is 0 Å². The molecule has 8 heteroatoms. The zero-order valence-corrected chi connectivity index (χ0v) is 13.7. The monoisotopic (exact) mass is 364 g/mol. The van der Waals surface area contributed by atoms with Gasteiger partial charge < -0.3 is 14.8 Å². The normalized spacial score (nSPS) is 19.1. The summed E-state index contributed by atoms with van der Waals surface area (Å²) < 4.78 is 38.2. The second-order valence-electron chi connectivity index (χ2n) is 4.45. The Morgan fingerprint density at radius 2 is 1.95 bits per heavy atom. The van der Waals surface area contributed by atoms with Crippen LogP contribution in [0.3, 0.4) is 0 Å². The van der Waals surface area contributed by atoms with E-state index < -0.39 is 10.0 Å². The molecule has 0 spiro atoms. The minimum Gasteiger partial charge on any atom is -0.493 e. The molecule has 0 saturated carbocycles. The van der Waals surface area contributed by atoms with Gasteiger partial charge in [-0.15, -0.1) is 0 Å². The quantitative estimate of drug-likeness (QED) is 0.818. The Labute approximate surface area is 127 Å². The highest BCUT2D eigenvalue weighted by Gasteiger charge is 2.26. The molecule has 1 heterocycles. The van der Waals surface area contributed by atoms with Crippen LogP contribution in [0, 0.1) is 0 Å². The van der Waals surface area contributed by atoms with Crippen LogP contribution in [-0.2, 0) is 10.0 Å². The number of ether oxygens (including phenoxy) is 2. The van der Waals surface area contributed by atoms with Crippen LogP contribution < -0.4 is 19.5 Å². The first-order valence-corrected chi connectivity index (χ1v) is 8.40. The first-order chi connectivity index (χ1) is 9.47. The third-order valence-electron chi connectivity index (χ3n) is 3.11. The van der Waals surface area contributed by atoms with Crippen molar-refractivity contribution in [1.82, 2.24) is 10.0 Å². The van der Waals surface area contributed by atoms with Gasteiger partial charge in [0.05, 0.1) is 14.2 Å². The lowest BCUT2D eigenvalue weighted by Crippen LogP contribution is -2.36. The first kappa shape index (κ1) is 15.6. The lowest BCUT2D eigenvalue weighted by atomic mass is 10.3. The van der Waals surface area contributed by atoms with E-state index >= 15 is 0 Å². The average Bonchev–Trinajstić information content (AvgIpc) is 2.90. The fourth-order valence-electron chi connectivity index (χ4n) is 2.08. The Morgan fingerprint density at radius 3 is 2.50 bits per heavy atom. The fourth-order valence-corrected chi connectivity index (χ4v) is 4.39. The van der Waals surface area contributed by atoms with Crippen LogP contribution in [0.25, 0.3) is 0 Å². The third-order valence-corrected chi connectivity index (χ3v) is 5.59. The van der Waals surface area contributed by atoms with Crippen LogP contribution >= 0.6 is 15.9 Å². The lowest BCUT2D eigenvalue weighted by molar-refractivity contribution is 0.353. The van der Waals surface area contributed by atoms with Crippen molar-refractivity contribution in [1.29, 1.82) is 0 Å². The highest BCUT2D eigenvalue weighted by atomic mass is 79.9. The van der Waals surface area contributed by atoms with Crippen molar-refractivity contribution in [3.63, 3.8) is 0 Å². The van der Waals surface area contributed by atoms with Crippen molar-refractivity contribution in [3.05, 3.63) is 16.6 Å². The molecule has 1 atom stereocenters. The Morgan fingerprint density at radius 1 is 1.30 bits per heavy atom. The van der Waals surface area contributed by atoms with Crippen LogP contribution in [0.4, 0.5) is 0 Å². The Hall–Kier alpha value is -0.830. The summed E-state index contributed by atoms with van der Waals surface area (Å²) in [5, 5.41) is 3.12. The van der Waals surface area contributed by atoms with E-state index in [0.717, 1.165) is 13.0 Å². The number of halogens is 1. The van der Waals surface area contributed by atoms with E-state index in [2.05, 4.69) is 26.0 Å². The molecule has 0 bridgehead atoms. The average molecular weight is 365 g/mol. The summed E-state index contributed by atoms with van der Waals surface area (Å²) in [5.74, 6) is 0.849. The summed E-state index contributed by atoms with van der Waals surface area (Å²) >= 11 is 3.27. The van der Waals surface area contributed by atoms with Crippen molar-refractivity contribution < 1.29 is 17.9 Å². The van der Waals surface area contributed by atoms with E-state index in [1.54, 1.807) is 6.07 Å². The second-order valence-corrected chi connectivity index (χ2v) is 6.99. The maximum absolute atomic E-state index is 12.4. The molecule has 0 radical (unpaired) electrons.